The van der Waals surface area contributed by atoms with E-state index in [0.717, 1.165) is 51.4 Å². The lowest BCUT2D eigenvalue weighted by atomic mass is 9.96. The lowest BCUT2D eigenvalue weighted by molar-refractivity contribution is -0.379. The Morgan fingerprint density at radius 2 is 0.667 bits per heavy atom. The number of carbonyl (C=O) groups excluding carboxylic acids is 1. The van der Waals surface area contributed by atoms with Gasteiger partial charge in [0.15, 0.2) is 18.9 Å². The zero-order chi connectivity index (χ0) is 71.8. The van der Waals surface area contributed by atoms with Crippen LogP contribution in [-0.2, 0) is 33.2 Å². The van der Waals surface area contributed by atoms with Crippen molar-refractivity contribution in [1.29, 1.82) is 0 Å². The first kappa shape index (κ1) is 91.2. The minimum Gasteiger partial charge on any atom is -0.394 e. The lowest BCUT2D eigenvalue weighted by Gasteiger charge is -2.48. The van der Waals surface area contributed by atoms with Gasteiger partial charge in [0.2, 0.25) is 5.91 Å². The summed E-state index contributed by atoms with van der Waals surface area (Å²) < 4.78 is 34.4. The van der Waals surface area contributed by atoms with Crippen molar-refractivity contribution in [3.05, 3.63) is 36.5 Å². The second kappa shape index (κ2) is 61.2. The standard InChI is InChI=1S/C80H149NO18/c1-3-5-7-9-11-13-15-17-19-21-22-23-24-25-26-27-28-29-30-31-32-33-34-35-36-37-38-39-40-42-44-46-48-50-52-54-56-58-68(86)81-63(64(85)57-55-53-51-49-47-45-43-41-20-18-16-14-12-10-8-6-4-2)62-94-78-74(92)71(89)76(66(60-83)96-78)99-80-75(93)72(90)77(67(61-84)97-80)98-79-73(91)70(88)69(87)65(59-82)95-79/h15,17,21-22,55,57,63-67,69-80,82-85,87-93H,3-14,16,18-20,23-54,56,58-62H2,1-2H3,(H,81,86)/b17-15-,22-21-,57-55+. The average Bonchev–Trinajstić information content (AvgIpc) is 0.786. The van der Waals surface area contributed by atoms with Crippen molar-refractivity contribution in [1.82, 2.24) is 5.32 Å². The third kappa shape index (κ3) is 41.5. The maximum absolute atomic E-state index is 13.5. The monoisotopic (exact) mass is 1410 g/mol. The number of ether oxygens (including phenoxy) is 6. The molecular weight excluding hydrogens is 1260 g/mol. The normalized spacial score (nSPS) is 26.7. The minimum atomic E-state index is -1.98. The molecule has 0 aromatic carbocycles. The van der Waals surface area contributed by atoms with Crippen molar-refractivity contribution in [3.8, 4) is 0 Å². The van der Waals surface area contributed by atoms with Gasteiger partial charge in [0.1, 0.15) is 73.2 Å². The first-order chi connectivity index (χ1) is 48.3. The van der Waals surface area contributed by atoms with Crippen molar-refractivity contribution >= 4 is 5.91 Å². The molecule has 3 saturated heterocycles. The van der Waals surface area contributed by atoms with Gasteiger partial charge in [-0.05, 0) is 51.4 Å². The molecule has 0 aliphatic carbocycles. The van der Waals surface area contributed by atoms with Crippen molar-refractivity contribution < 1.29 is 89.4 Å². The molecule has 1 amide bonds. The van der Waals surface area contributed by atoms with E-state index in [1.165, 1.54) is 257 Å². The van der Waals surface area contributed by atoms with Crippen LogP contribution in [0.3, 0.4) is 0 Å². The van der Waals surface area contributed by atoms with E-state index in [9.17, 15) is 61.0 Å². The number of unbranched alkanes of at least 4 members (excludes halogenated alkanes) is 45. The fourth-order valence-corrected chi connectivity index (χ4v) is 13.9. The third-order valence-electron chi connectivity index (χ3n) is 20.4. The molecule has 3 aliphatic rings. The number of hydrogen-bond acceptors (Lipinski definition) is 18. The molecule has 19 nitrogen and oxygen atoms in total. The largest absolute Gasteiger partial charge is 0.394 e. The number of carbonyl (C=O) groups is 1. The summed E-state index contributed by atoms with van der Waals surface area (Å²) in [5.74, 6) is -0.269. The van der Waals surface area contributed by atoms with E-state index in [-0.39, 0.29) is 18.9 Å². The smallest absolute Gasteiger partial charge is 0.220 e. The maximum Gasteiger partial charge on any atom is 0.220 e. The van der Waals surface area contributed by atoms with Gasteiger partial charge < -0.3 is 89.9 Å². The summed E-state index contributed by atoms with van der Waals surface area (Å²) >= 11 is 0. The van der Waals surface area contributed by atoms with Crippen molar-refractivity contribution in [2.24, 2.45) is 0 Å². The average molecular weight is 1410 g/mol. The van der Waals surface area contributed by atoms with Gasteiger partial charge in [-0.25, -0.2) is 0 Å². The Labute approximate surface area is 600 Å². The zero-order valence-electron chi connectivity index (χ0n) is 62.2. The van der Waals surface area contributed by atoms with Crippen LogP contribution in [0.5, 0.6) is 0 Å². The van der Waals surface area contributed by atoms with Crippen LogP contribution in [0, 0.1) is 0 Å². The summed E-state index contributed by atoms with van der Waals surface area (Å²) in [7, 11) is 0. The Balaban J connectivity index is 1.31. The fourth-order valence-electron chi connectivity index (χ4n) is 13.9. The molecule has 3 heterocycles. The van der Waals surface area contributed by atoms with Gasteiger partial charge in [0, 0.05) is 6.42 Å². The van der Waals surface area contributed by atoms with E-state index in [1.54, 1.807) is 6.08 Å². The van der Waals surface area contributed by atoms with Crippen LogP contribution in [0.2, 0.25) is 0 Å². The molecule has 0 aromatic rings. The summed E-state index contributed by atoms with van der Waals surface area (Å²) in [6, 6.07) is -0.971. The Bertz CT molecular complexity index is 1930. The number of aliphatic hydroxyl groups is 11. The number of allylic oxidation sites excluding steroid dienone is 5. The summed E-state index contributed by atoms with van der Waals surface area (Å²) in [6.07, 6.45) is 48.6. The van der Waals surface area contributed by atoms with Gasteiger partial charge >= 0.3 is 0 Å². The fraction of sp³-hybridized carbons (Fsp3) is 0.912. The molecule has 0 bridgehead atoms. The molecule has 12 N–H and O–H groups in total. The van der Waals surface area contributed by atoms with Crippen LogP contribution in [0.25, 0.3) is 0 Å². The molecule has 17 unspecified atom stereocenters. The zero-order valence-corrected chi connectivity index (χ0v) is 62.2. The third-order valence-corrected chi connectivity index (χ3v) is 20.4. The SMILES string of the molecule is CCCCCCC/C=C\C/C=C\CCCCCCCCCCCCCCCCCCCCCCCCCCCC(=O)NC(COC1OC(CO)C(OC2OC(CO)C(OC3OC(CO)C(O)C(O)C3O)C(O)C2O)C(O)C1O)C(O)/C=C/CCCCCCCCCCCCCCCCC. The Kier molecular flexibility index (Phi) is 56.4. The second-order valence-corrected chi connectivity index (χ2v) is 29.2. The van der Waals surface area contributed by atoms with Crippen molar-refractivity contribution in [2.45, 2.75) is 439 Å². The van der Waals surface area contributed by atoms with Gasteiger partial charge in [-0.2, -0.15) is 0 Å². The highest BCUT2D eigenvalue weighted by atomic mass is 16.8. The highest BCUT2D eigenvalue weighted by Gasteiger charge is 2.54. The lowest BCUT2D eigenvalue weighted by Crippen LogP contribution is -2.66. The highest BCUT2D eigenvalue weighted by Crippen LogP contribution is 2.33. The molecular formula is C80H149NO18. The number of amides is 1. The molecule has 0 spiro atoms. The van der Waals surface area contributed by atoms with E-state index in [1.807, 2.05) is 6.08 Å². The molecule has 17 atom stereocenters. The van der Waals surface area contributed by atoms with Gasteiger partial charge in [0.05, 0.1) is 38.6 Å². The molecule has 3 fully saturated rings. The quantitative estimate of drug-likeness (QED) is 0.0199. The van der Waals surface area contributed by atoms with Crippen LogP contribution in [-0.4, -0.2) is 193 Å². The molecule has 0 saturated carbocycles. The van der Waals surface area contributed by atoms with Crippen LogP contribution < -0.4 is 5.32 Å². The van der Waals surface area contributed by atoms with Crippen LogP contribution in [0.1, 0.15) is 335 Å². The topological polar surface area (TPSA) is 307 Å². The van der Waals surface area contributed by atoms with E-state index in [4.69, 9.17) is 28.4 Å². The molecule has 3 rings (SSSR count). The number of nitrogens with one attached hydrogen (secondary N) is 1. The van der Waals surface area contributed by atoms with Crippen LogP contribution in [0.4, 0.5) is 0 Å². The molecule has 0 aromatic heterocycles. The number of aliphatic hydroxyl groups excluding tert-OH is 11. The van der Waals surface area contributed by atoms with Gasteiger partial charge in [-0.3, -0.25) is 4.79 Å². The second-order valence-electron chi connectivity index (χ2n) is 29.2. The maximum atomic E-state index is 13.5. The Morgan fingerprint density at radius 3 is 1.03 bits per heavy atom. The summed E-state index contributed by atoms with van der Waals surface area (Å²) in [5.41, 5.74) is 0. The van der Waals surface area contributed by atoms with Crippen LogP contribution >= 0.6 is 0 Å². The van der Waals surface area contributed by atoms with Crippen LogP contribution in [0.15, 0.2) is 36.5 Å². The summed E-state index contributed by atoms with van der Waals surface area (Å²) in [5, 5.41) is 121. The van der Waals surface area contributed by atoms with E-state index in [0.29, 0.717) is 6.42 Å². The highest BCUT2D eigenvalue weighted by molar-refractivity contribution is 5.76. The molecule has 582 valence electrons. The first-order valence-corrected chi connectivity index (χ1v) is 40.7. The molecule has 99 heavy (non-hydrogen) atoms. The van der Waals surface area contributed by atoms with Crippen molar-refractivity contribution in [2.75, 3.05) is 26.4 Å². The van der Waals surface area contributed by atoms with Gasteiger partial charge in [-0.15, -0.1) is 0 Å². The van der Waals surface area contributed by atoms with E-state index >= 15 is 0 Å². The van der Waals surface area contributed by atoms with E-state index in [2.05, 4.69) is 43.5 Å². The predicted octanol–water partition coefficient (Wildman–Crippen LogP) is 13.5. The van der Waals surface area contributed by atoms with Crippen molar-refractivity contribution in [3.63, 3.8) is 0 Å². The summed E-state index contributed by atoms with van der Waals surface area (Å²) in [6.45, 7) is 1.77. The number of rotatable bonds is 65. The first-order valence-electron chi connectivity index (χ1n) is 40.7. The summed E-state index contributed by atoms with van der Waals surface area (Å²) in [4.78, 5) is 13.5. The van der Waals surface area contributed by atoms with Gasteiger partial charge in [0.25, 0.3) is 0 Å². The molecule has 0 radical (unpaired) electrons. The van der Waals surface area contributed by atoms with E-state index < -0.39 is 124 Å². The molecule has 19 heteroatoms. The Morgan fingerprint density at radius 1 is 0.364 bits per heavy atom. The number of hydrogen-bond donors (Lipinski definition) is 12. The predicted molar refractivity (Wildman–Crippen MR) is 393 cm³/mol. The minimum absolute atomic E-state index is 0.248. The van der Waals surface area contributed by atoms with Gasteiger partial charge in [-0.1, -0.05) is 314 Å². The Hall–Kier alpha value is -1.99. The molecule has 3 aliphatic heterocycles.